The number of nitrogens with one attached hydrogen (secondary N) is 1. The molecule has 122 valence electrons. The van der Waals surface area contributed by atoms with Crippen molar-refractivity contribution in [1.82, 2.24) is 9.55 Å². The number of carbonyl (C=O) groups is 1. The summed E-state index contributed by atoms with van der Waals surface area (Å²) in [4.78, 5) is 17.0. The van der Waals surface area contributed by atoms with Crippen LogP contribution >= 0.6 is 11.8 Å². The Hall–Kier alpha value is -2.60. The fraction of sp³-hybridized carbons (Fsp3) is 0.111. The van der Waals surface area contributed by atoms with Crippen molar-refractivity contribution in [2.24, 2.45) is 0 Å². The highest BCUT2D eigenvalue weighted by atomic mass is 32.2. The molecule has 2 aromatic carbocycles. The standard InChI is InChI=1S/C18H16FN3OS/c1-12-8-9-13(19)10-15(12)21-17(23)16-11-20-18(24-2)22(16)14-6-4-3-5-7-14/h3-11H,1-2H3,(H,21,23). The van der Waals surface area contributed by atoms with E-state index in [2.05, 4.69) is 10.3 Å². The molecule has 1 amide bonds. The summed E-state index contributed by atoms with van der Waals surface area (Å²) < 4.78 is 15.2. The normalized spacial score (nSPS) is 10.6. The first-order chi connectivity index (χ1) is 11.6. The van der Waals surface area contributed by atoms with E-state index in [-0.39, 0.29) is 5.91 Å². The second-order valence-corrected chi connectivity index (χ2v) is 5.99. The average molecular weight is 341 g/mol. The van der Waals surface area contributed by atoms with Gasteiger partial charge in [-0.25, -0.2) is 9.37 Å². The second-order valence-electron chi connectivity index (χ2n) is 5.21. The lowest BCUT2D eigenvalue weighted by Crippen LogP contribution is -2.17. The molecule has 0 bridgehead atoms. The summed E-state index contributed by atoms with van der Waals surface area (Å²) in [6.45, 7) is 1.82. The number of aromatic nitrogens is 2. The van der Waals surface area contributed by atoms with Crippen LogP contribution in [-0.2, 0) is 0 Å². The quantitative estimate of drug-likeness (QED) is 0.720. The Morgan fingerprint density at radius 3 is 2.67 bits per heavy atom. The summed E-state index contributed by atoms with van der Waals surface area (Å²) in [5.74, 6) is -0.724. The largest absolute Gasteiger partial charge is 0.320 e. The van der Waals surface area contributed by atoms with Gasteiger partial charge in [-0.15, -0.1) is 0 Å². The molecular formula is C18H16FN3OS. The third-order valence-corrected chi connectivity index (χ3v) is 4.26. The number of hydrogen-bond acceptors (Lipinski definition) is 3. The number of benzene rings is 2. The summed E-state index contributed by atoms with van der Waals surface area (Å²) >= 11 is 1.45. The first kappa shape index (κ1) is 16.3. The number of hydrogen-bond donors (Lipinski definition) is 1. The summed E-state index contributed by atoms with van der Waals surface area (Å²) in [6, 6.07) is 13.8. The van der Waals surface area contributed by atoms with E-state index in [1.54, 1.807) is 10.6 Å². The fourth-order valence-corrected chi connectivity index (χ4v) is 2.93. The number of carbonyl (C=O) groups excluding carboxylic acids is 1. The van der Waals surface area contributed by atoms with E-state index in [1.165, 1.54) is 30.1 Å². The van der Waals surface area contributed by atoms with Crippen LogP contribution in [0.4, 0.5) is 10.1 Å². The van der Waals surface area contributed by atoms with Crippen LogP contribution in [0.5, 0.6) is 0 Å². The zero-order chi connectivity index (χ0) is 17.1. The molecule has 0 saturated heterocycles. The lowest BCUT2D eigenvalue weighted by molar-refractivity contribution is 0.102. The van der Waals surface area contributed by atoms with Crippen molar-refractivity contribution in [3.05, 3.63) is 71.8 Å². The molecule has 0 aliphatic rings. The zero-order valence-corrected chi connectivity index (χ0v) is 14.1. The highest BCUT2D eigenvalue weighted by Gasteiger charge is 2.18. The van der Waals surface area contributed by atoms with Crippen molar-refractivity contribution in [3.8, 4) is 5.69 Å². The number of thioether (sulfide) groups is 1. The van der Waals surface area contributed by atoms with Crippen molar-refractivity contribution in [2.45, 2.75) is 12.1 Å². The van der Waals surface area contributed by atoms with Gasteiger partial charge in [0.25, 0.3) is 5.91 Å². The molecule has 1 N–H and O–H groups in total. The lowest BCUT2D eigenvalue weighted by atomic mass is 10.2. The molecule has 0 saturated carbocycles. The summed E-state index contributed by atoms with van der Waals surface area (Å²) in [7, 11) is 0. The first-order valence-electron chi connectivity index (χ1n) is 7.35. The second kappa shape index (κ2) is 6.88. The van der Waals surface area contributed by atoms with Gasteiger partial charge >= 0.3 is 0 Å². The molecule has 3 rings (SSSR count). The topological polar surface area (TPSA) is 46.9 Å². The Morgan fingerprint density at radius 2 is 1.96 bits per heavy atom. The number of amides is 1. The molecule has 0 fully saturated rings. The van der Waals surface area contributed by atoms with Gasteiger partial charge in [-0.2, -0.15) is 0 Å². The van der Waals surface area contributed by atoms with E-state index in [4.69, 9.17) is 0 Å². The number of imidazole rings is 1. The van der Waals surface area contributed by atoms with Crippen LogP contribution in [0.25, 0.3) is 5.69 Å². The smallest absolute Gasteiger partial charge is 0.274 e. The van der Waals surface area contributed by atoms with Crippen molar-refractivity contribution < 1.29 is 9.18 Å². The van der Waals surface area contributed by atoms with Gasteiger partial charge in [-0.3, -0.25) is 9.36 Å². The van der Waals surface area contributed by atoms with Gasteiger partial charge in [0.1, 0.15) is 11.5 Å². The Kier molecular flexibility index (Phi) is 4.66. The van der Waals surface area contributed by atoms with Gasteiger partial charge in [-0.05, 0) is 43.0 Å². The minimum atomic E-state index is -0.391. The minimum absolute atomic E-state index is 0.333. The summed E-state index contributed by atoms with van der Waals surface area (Å²) in [5, 5.41) is 3.48. The SMILES string of the molecule is CSc1ncc(C(=O)Nc2cc(F)ccc2C)n1-c1ccccc1. The predicted molar refractivity (Wildman–Crippen MR) is 94.4 cm³/mol. The number of anilines is 1. The molecule has 0 spiro atoms. The van der Waals surface area contributed by atoms with Crippen molar-refractivity contribution in [2.75, 3.05) is 11.6 Å². The van der Waals surface area contributed by atoms with E-state index in [0.717, 1.165) is 11.3 Å². The van der Waals surface area contributed by atoms with Gasteiger partial charge < -0.3 is 5.32 Å². The molecule has 6 heteroatoms. The van der Waals surface area contributed by atoms with Gasteiger partial charge in [0.2, 0.25) is 0 Å². The molecule has 24 heavy (non-hydrogen) atoms. The van der Waals surface area contributed by atoms with Crippen LogP contribution < -0.4 is 5.32 Å². The van der Waals surface area contributed by atoms with Gasteiger partial charge in [0.05, 0.1) is 6.20 Å². The summed E-state index contributed by atoms with van der Waals surface area (Å²) in [6.07, 6.45) is 3.43. The molecule has 0 aliphatic carbocycles. The van der Waals surface area contributed by atoms with Gasteiger partial charge in [-0.1, -0.05) is 36.0 Å². The third-order valence-electron chi connectivity index (χ3n) is 3.61. The maximum absolute atomic E-state index is 13.4. The minimum Gasteiger partial charge on any atom is -0.320 e. The molecule has 4 nitrogen and oxygen atoms in total. The molecular weight excluding hydrogens is 325 g/mol. The van der Waals surface area contributed by atoms with E-state index in [9.17, 15) is 9.18 Å². The highest BCUT2D eigenvalue weighted by molar-refractivity contribution is 7.98. The first-order valence-corrected chi connectivity index (χ1v) is 8.57. The maximum atomic E-state index is 13.4. The molecule has 0 atom stereocenters. The number of rotatable bonds is 4. The average Bonchev–Trinajstić information content (AvgIpc) is 3.03. The van der Waals surface area contributed by atoms with Crippen LogP contribution in [0.15, 0.2) is 59.9 Å². The molecule has 0 radical (unpaired) electrons. The number of nitrogens with zero attached hydrogens (tertiary/aromatic N) is 2. The lowest BCUT2D eigenvalue weighted by Gasteiger charge is -2.12. The van der Waals surface area contributed by atoms with Crippen LogP contribution in [-0.4, -0.2) is 21.7 Å². The monoisotopic (exact) mass is 341 g/mol. The van der Waals surface area contributed by atoms with Crippen LogP contribution in [0.1, 0.15) is 16.1 Å². The summed E-state index contributed by atoms with van der Waals surface area (Å²) in [5.41, 5.74) is 2.49. The highest BCUT2D eigenvalue weighted by Crippen LogP contribution is 2.23. The molecule has 0 aliphatic heterocycles. The Labute approximate surface area is 143 Å². The Morgan fingerprint density at radius 1 is 1.21 bits per heavy atom. The number of aryl methyl sites for hydroxylation is 1. The van der Waals surface area contributed by atoms with E-state index in [0.29, 0.717) is 16.5 Å². The van der Waals surface area contributed by atoms with Crippen molar-refractivity contribution >= 4 is 23.4 Å². The Bertz CT molecular complexity index is 877. The van der Waals surface area contributed by atoms with Gasteiger partial charge in [0.15, 0.2) is 5.16 Å². The van der Waals surface area contributed by atoms with E-state index in [1.807, 2.05) is 43.5 Å². The zero-order valence-electron chi connectivity index (χ0n) is 13.3. The van der Waals surface area contributed by atoms with Crippen molar-refractivity contribution in [1.29, 1.82) is 0 Å². The van der Waals surface area contributed by atoms with Gasteiger partial charge in [0, 0.05) is 11.4 Å². The van der Waals surface area contributed by atoms with E-state index >= 15 is 0 Å². The molecule has 0 unspecified atom stereocenters. The van der Waals surface area contributed by atoms with E-state index < -0.39 is 5.82 Å². The van der Waals surface area contributed by atoms with Crippen molar-refractivity contribution in [3.63, 3.8) is 0 Å². The van der Waals surface area contributed by atoms with Crippen LogP contribution in [0, 0.1) is 12.7 Å². The molecule has 3 aromatic rings. The maximum Gasteiger partial charge on any atom is 0.274 e. The Balaban J connectivity index is 1.99. The number of para-hydroxylation sites is 1. The predicted octanol–water partition coefficient (Wildman–Crippen LogP) is 4.29. The third kappa shape index (κ3) is 3.19. The van der Waals surface area contributed by atoms with Crippen LogP contribution in [0.3, 0.4) is 0 Å². The van der Waals surface area contributed by atoms with Crippen LogP contribution in [0.2, 0.25) is 0 Å². The molecule has 1 aromatic heterocycles. The molecule has 1 heterocycles. The number of halogens is 1. The fourth-order valence-electron chi connectivity index (χ4n) is 2.38.